The summed E-state index contributed by atoms with van der Waals surface area (Å²) in [6.45, 7) is 7.90. The molecule has 4 N–H and O–H groups in total. The molecule has 0 radical (unpaired) electrons. The standard InChI is InChI=1S/C16H29N5O2S/c1-4-7-10-20(16(24)18-9-6-3)12-13(17)21(11-8-5-2)15(23)19-14(12)22/h4-11,17H2,1-3H3,(H,18,24)(H,19,22,23). The number of nitrogens with one attached hydrogen (secondary N) is 2. The smallest absolute Gasteiger partial charge is 0.330 e. The van der Waals surface area contributed by atoms with Gasteiger partial charge in [0.1, 0.15) is 5.82 Å². The number of aromatic nitrogens is 2. The van der Waals surface area contributed by atoms with Crippen molar-refractivity contribution in [2.75, 3.05) is 23.7 Å². The third-order valence-electron chi connectivity index (χ3n) is 3.73. The van der Waals surface area contributed by atoms with E-state index < -0.39 is 11.2 Å². The highest BCUT2D eigenvalue weighted by molar-refractivity contribution is 7.80. The average molecular weight is 356 g/mol. The quantitative estimate of drug-likeness (QED) is 0.585. The summed E-state index contributed by atoms with van der Waals surface area (Å²) >= 11 is 5.44. The number of hydrogen-bond donors (Lipinski definition) is 3. The van der Waals surface area contributed by atoms with Crippen LogP contribution >= 0.6 is 12.2 Å². The number of hydrogen-bond acceptors (Lipinski definition) is 4. The van der Waals surface area contributed by atoms with Crippen LogP contribution in [0.4, 0.5) is 11.5 Å². The van der Waals surface area contributed by atoms with Crippen LogP contribution in [0, 0.1) is 0 Å². The van der Waals surface area contributed by atoms with Crippen molar-refractivity contribution < 1.29 is 0 Å². The molecule has 0 saturated carbocycles. The van der Waals surface area contributed by atoms with E-state index in [9.17, 15) is 9.59 Å². The highest BCUT2D eigenvalue weighted by Crippen LogP contribution is 2.18. The van der Waals surface area contributed by atoms with Crippen LogP contribution in [0.5, 0.6) is 0 Å². The summed E-state index contributed by atoms with van der Waals surface area (Å²) in [6.07, 6.45) is 4.48. The van der Waals surface area contributed by atoms with Crippen LogP contribution in [-0.4, -0.2) is 27.8 Å². The fourth-order valence-corrected chi connectivity index (χ4v) is 2.62. The van der Waals surface area contributed by atoms with Crippen molar-refractivity contribution in [3.63, 3.8) is 0 Å². The van der Waals surface area contributed by atoms with E-state index in [4.69, 9.17) is 18.0 Å². The van der Waals surface area contributed by atoms with Gasteiger partial charge < -0.3 is 16.0 Å². The number of nitrogens with zero attached hydrogens (tertiary/aromatic N) is 2. The zero-order chi connectivity index (χ0) is 18.1. The van der Waals surface area contributed by atoms with Gasteiger partial charge in [0, 0.05) is 19.6 Å². The Labute approximate surface area is 148 Å². The van der Waals surface area contributed by atoms with Crippen molar-refractivity contribution in [2.45, 2.75) is 59.4 Å². The van der Waals surface area contributed by atoms with Crippen LogP contribution < -0.4 is 27.2 Å². The van der Waals surface area contributed by atoms with E-state index in [1.165, 1.54) is 4.57 Å². The molecule has 7 nitrogen and oxygen atoms in total. The first kappa shape index (κ1) is 20.2. The third-order valence-corrected chi connectivity index (χ3v) is 4.09. The van der Waals surface area contributed by atoms with Gasteiger partial charge in [0.2, 0.25) is 0 Å². The van der Waals surface area contributed by atoms with Crippen molar-refractivity contribution >= 4 is 28.8 Å². The molecule has 136 valence electrons. The summed E-state index contributed by atoms with van der Waals surface area (Å²) in [7, 11) is 0. The maximum absolute atomic E-state index is 12.4. The maximum atomic E-state index is 12.4. The lowest BCUT2D eigenvalue weighted by atomic mass is 10.3. The van der Waals surface area contributed by atoms with Crippen molar-refractivity contribution in [2.24, 2.45) is 0 Å². The van der Waals surface area contributed by atoms with Gasteiger partial charge >= 0.3 is 5.69 Å². The van der Waals surface area contributed by atoms with E-state index >= 15 is 0 Å². The van der Waals surface area contributed by atoms with Gasteiger partial charge in [0.15, 0.2) is 10.8 Å². The first-order chi connectivity index (χ1) is 11.5. The molecule has 0 bridgehead atoms. The number of thiocarbonyl (C=S) groups is 1. The number of unbranched alkanes of at least 4 members (excludes halogenated alkanes) is 2. The molecule has 8 heteroatoms. The van der Waals surface area contributed by atoms with Crippen molar-refractivity contribution in [3.8, 4) is 0 Å². The van der Waals surface area contributed by atoms with Crippen molar-refractivity contribution in [1.82, 2.24) is 14.9 Å². The first-order valence-electron chi connectivity index (χ1n) is 8.65. The molecule has 0 aliphatic carbocycles. The Morgan fingerprint density at radius 2 is 1.88 bits per heavy atom. The molecule has 0 saturated heterocycles. The summed E-state index contributed by atoms with van der Waals surface area (Å²) in [4.78, 5) is 28.5. The fourth-order valence-electron chi connectivity index (χ4n) is 2.33. The lowest BCUT2D eigenvalue weighted by Crippen LogP contribution is -2.46. The zero-order valence-corrected chi connectivity index (χ0v) is 15.7. The summed E-state index contributed by atoms with van der Waals surface area (Å²) in [6, 6.07) is 0. The Balaban J connectivity index is 3.32. The lowest BCUT2D eigenvalue weighted by Gasteiger charge is -2.27. The molecular weight excluding hydrogens is 326 g/mol. The molecule has 24 heavy (non-hydrogen) atoms. The number of anilines is 2. The Morgan fingerprint density at radius 1 is 1.21 bits per heavy atom. The minimum absolute atomic E-state index is 0.175. The SMILES string of the molecule is CCCCN(C(=S)NCCC)c1c(N)n(CCCC)c(=O)[nH]c1=O. The van der Waals surface area contributed by atoms with E-state index in [0.717, 1.165) is 38.6 Å². The molecule has 1 aromatic heterocycles. The zero-order valence-electron chi connectivity index (χ0n) is 14.9. The van der Waals surface area contributed by atoms with Gasteiger partial charge in [-0.3, -0.25) is 14.3 Å². The molecule has 0 aliphatic heterocycles. The summed E-state index contributed by atoms with van der Waals surface area (Å²) in [5, 5.41) is 3.59. The predicted octanol–water partition coefficient (Wildman–Crippen LogP) is 1.81. The van der Waals surface area contributed by atoms with Gasteiger partial charge in [-0.2, -0.15) is 0 Å². The van der Waals surface area contributed by atoms with Gasteiger partial charge in [0.05, 0.1) is 0 Å². The molecular formula is C16H29N5O2S. The molecule has 0 unspecified atom stereocenters. The second-order valence-corrected chi connectivity index (χ2v) is 6.12. The molecule has 1 heterocycles. The molecule has 0 fully saturated rings. The maximum Gasteiger partial charge on any atom is 0.330 e. The molecule has 0 amide bonds. The number of aromatic amines is 1. The molecule has 1 aromatic rings. The van der Waals surface area contributed by atoms with Crippen LogP contribution in [0.2, 0.25) is 0 Å². The van der Waals surface area contributed by atoms with Gasteiger partial charge in [-0.25, -0.2) is 4.79 Å². The minimum atomic E-state index is -0.498. The van der Waals surface area contributed by atoms with Crippen LogP contribution in [0.1, 0.15) is 52.9 Å². The number of nitrogens with two attached hydrogens (primary N) is 1. The van der Waals surface area contributed by atoms with E-state index in [1.54, 1.807) is 4.90 Å². The minimum Gasteiger partial charge on any atom is -0.383 e. The highest BCUT2D eigenvalue weighted by atomic mass is 32.1. The Morgan fingerprint density at radius 3 is 2.46 bits per heavy atom. The van der Waals surface area contributed by atoms with E-state index in [1.807, 2.05) is 13.8 Å². The Bertz CT molecular complexity index is 653. The monoisotopic (exact) mass is 355 g/mol. The molecule has 0 atom stereocenters. The van der Waals surface area contributed by atoms with Crippen LogP contribution in [0.15, 0.2) is 9.59 Å². The normalized spacial score (nSPS) is 10.6. The van der Waals surface area contributed by atoms with Crippen LogP contribution in [0.25, 0.3) is 0 Å². The largest absolute Gasteiger partial charge is 0.383 e. The highest BCUT2D eigenvalue weighted by Gasteiger charge is 2.21. The van der Waals surface area contributed by atoms with Crippen LogP contribution in [0.3, 0.4) is 0 Å². The van der Waals surface area contributed by atoms with Crippen molar-refractivity contribution in [1.29, 1.82) is 0 Å². The molecule has 0 spiro atoms. The second-order valence-electron chi connectivity index (χ2n) is 5.74. The van der Waals surface area contributed by atoms with Gasteiger partial charge in [-0.05, 0) is 31.5 Å². The predicted molar refractivity (Wildman–Crippen MR) is 104 cm³/mol. The van der Waals surface area contributed by atoms with E-state index in [0.29, 0.717) is 18.2 Å². The second kappa shape index (κ2) is 10.1. The average Bonchev–Trinajstić information content (AvgIpc) is 2.55. The van der Waals surface area contributed by atoms with Gasteiger partial charge in [-0.15, -0.1) is 0 Å². The number of H-pyrrole nitrogens is 1. The van der Waals surface area contributed by atoms with Crippen LogP contribution in [-0.2, 0) is 6.54 Å². The van der Waals surface area contributed by atoms with E-state index in [2.05, 4.69) is 17.2 Å². The topological polar surface area (TPSA) is 96.2 Å². The number of nitrogen functional groups attached to an aromatic ring is 1. The number of rotatable bonds is 9. The Hall–Kier alpha value is -1.83. The first-order valence-corrected chi connectivity index (χ1v) is 9.06. The van der Waals surface area contributed by atoms with Crippen molar-refractivity contribution in [3.05, 3.63) is 20.8 Å². The van der Waals surface area contributed by atoms with E-state index in [-0.39, 0.29) is 11.5 Å². The lowest BCUT2D eigenvalue weighted by molar-refractivity contribution is 0.604. The molecule has 1 rings (SSSR count). The summed E-state index contributed by atoms with van der Waals surface area (Å²) in [5.41, 5.74) is 5.46. The fraction of sp³-hybridized carbons (Fsp3) is 0.688. The molecule has 0 aromatic carbocycles. The third kappa shape index (κ3) is 5.09. The summed E-state index contributed by atoms with van der Waals surface area (Å²) < 4.78 is 1.42. The summed E-state index contributed by atoms with van der Waals surface area (Å²) in [5.74, 6) is 0.175. The Kier molecular flexibility index (Phi) is 8.53. The van der Waals surface area contributed by atoms with Gasteiger partial charge in [-0.1, -0.05) is 33.6 Å². The molecule has 0 aliphatic rings. The van der Waals surface area contributed by atoms with Gasteiger partial charge in [0.25, 0.3) is 5.56 Å².